The zero-order valence-electron chi connectivity index (χ0n) is 17.4. The van der Waals surface area contributed by atoms with E-state index in [1.807, 2.05) is 66.7 Å². The number of anilines is 2. The van der Waals surface area contributed by atoms with E-state index in [0.717, 1.165) is 11.1 Å². The predicted molar refractivity (Wildman–Crippen MR) is 129 cm³/mol. The molecule has 0 fully saturated rings. The van der Waals surface area contributed by atoms with E-state index in [4.69, 9.17) is 0 Å². The number of carbonyl (C=O) groups excluding carboxylic acids is 1. The highest BCUT2D eigenvalue weighted by atomic mass is 32.2. The Morgan fingerprint density at radius 2 is 1.36 bits per heavy atom. The minimum atomic E-state index is -3.86. The molecule has 0 saturated heterocycles. The second kappa shape index (κ2) is 9.88. The van der Waals surface area contributed by atoms with E-state index in [9.17, 15) is 13.2 Å². The summed E-state index contributed by atoms with van der Waals surface area (Å²) in [5, 5.41) is 2.84. The first kappa shape index (κ1) is 21.9. The van der Waals surface area contributed by atoms with Gasteiger partial charge in [0.25, 0.3) is 15.9 Å². The van der Waals surface area contributed by atoms with E-state index < -0.39 is 10.0 Å². The molecule has 3 aromatic carbocycles. The Balaban J connectivity index is 1.55. The number of sulfonamides is 1. The third-order valence-corrected chi connectivity index (χ3v) is 6.00. The van der Waals surface area contributed by atoms with Crippen LogP contribution in [0.25, 0.3) is 11.6 Å². The molecule has 1 aromatic heterocycles. The third kappa shape index (κ3) is 5.69. The molecule has 0 saturated carbocycles. The molecule has 0 aliphatic rings. The van der Waals surface area contributed by atoms with Crippen LogP contribution in [0, 0.1) is 0 Å². The van der Waals surface area contributed by atoms with Gasteiger partial charge in [-0.1, -0.05) is 60.7 Å². The number of nitrogens with one attached hydrogen (secondary N) is 2. The number of benzene rings is 3. The second-order valence-electron chi connectivity index (χ2n) is 6.99. The zero-order valence-corrected chi connectivity index (χ0v) is 18.2. The highest BCUT2D eigenvalue weighted by molar-refractivity contribution is 7.92. The summed E-state index contributed by atoms with van der Waals surface area (Å²) in [5.41, 5.74) is 2.61. The molecule has 4 rings (SSSR count). The maximum atomic E-state index is 13.1. The Labute approximate surface area is 191 Å². The molecule has 2 N–H and O–H groups in total. The van der Waals surface area contributed by atoms with Gasteiger partial charge in [-0.2, -0.15) is 0 Å². The lowest BCUT2D eigenvalue weighted by Crippen LogP contribution is -2.16. The minimum absolute atomic E-state index is 0.0200. The topological polar surface area (TPSA) is 101 Å². The number of rotatable bonds is 7. The molecule has 164 valence electrons. The number of hydrogen-bond donors (Lipinski definition) is 2. The van der Waals surface area contributed by atoms with Gasteiger partial charge >= 0.3 is 0 Å². The summed E-state index contributed by atoms with van der Waals surface area (Å²) in [4.78, 5) is 20.9. The average molecular weight is 457 g/mol. The van der Waals surface area contributed by atoms with Gasteiger partial charge in [0.05, 0.1) is 4.90 Å². The molecule has 0 atom stereocenters. The minimum Gasteiger partial charge on any atom is -0.322 e. The molecule has 0 unspecified atom stereocenters. The van der Waals surface area contributed by atoms with Crippen LogP contribution in [-0.4, -0.2) is 24.3 Å². The van der Waals surface area contributed by atoms with Gasteiger partial charge in [-0.15, -0.1) is 0 Å². The lowest BCUT2D eigenvalue weighted by molar-refractivity contribution is -0.111. The molecular formula is C25H20N4O3S. The summed E-state index contributed by atoms with van der Waals surface area (Å²) in [6.07, 6.45) is 4.70. The summed E-state index contributed by atoms with van der Waals surface area (Å²) in [6.45, 7) is 0. The van der Waals surface area contributed by atoms with Crippen LogP contribution in [-0.2, 0) is 14.8 Å². The normalized spacial score (nSPS) is 11.6. The molecule has 1 heterocycles. The molecular weight excluding hydrogens is 436 g/mol. The first-order chi connectivity index (χ1) is 16.0. The average Bonchev–Trinajstić information content (AvgIpc) is 2.84. The highest BCUT2D eigenvalue weighted by Crippen LogP contribution is 2.22. The van der Waals surface area contributed by atoms with Crippen molar-refractivity contribution < 1.29 is 13.2 Å². The molecule has 7 nitrogen and oxygen atoms in total. The zero-order chi connectivity index (χ0) is 23.1. The standard InChI is InChI=1S/C25H20N4O3S/c30-24(23(20-10-5-2-6-11-20)18-19-8-3-1-4-9-19)28-21-12-14-22(15-13-21)33(31,32)29-25-26-16-7-17-27-25/h1-18H,(H,28,30)(H,26,27,29)/b23-18+. The van der Waals surface area contributed by atoms with Crippen molar-refractivity contribution in [2.24, 2.45) is 0 Å². The van der Waals surface area contributed by atoms with Gasteiger partial charge < -0.3 is 5.32 Å². The van der Waals surface area contributed by atoms with Gasteiger partial charge in [0.1, 0.15) is 0 Å². The lowest BCUT2D eigenvalue weighted by atomic mass is 10.0. The van der Waals surface area contributed by atoms with Crippen LogP contribution in [0.3, 0.4) is 0 Å². The number of aromatic nitrogens is 2. The maximum absolute atomic E-state index is 13.1. The third-order valence-electron chi connectivity index (χ3n) is 4.65. The van der Waals surface area contributed by atoms with E-state index in [0.29, 0.717) is 11.3 Å². The molecule has 0 aliphatic carbocycles. The smallest absolute Gasteiger partial charge is 0.264 e. The van der Waals surface area contributed by atoms with E-state index in [-0.39, 0.29) is 16.8 Å². The van der Waals surface area contributed by atoms with Crippen molar-refractivity contribution in [3.63, 3.8) is 0 Å². The van der Waals surface area contributed by atoms with Gasteiger partial charge in [-0.3, -0.25) is 4.79 Å². The quantitative estimate of drug-likeness (QED) is 0.316. The fourth-order valence-corrected chi connectivity index (χ4v) is 4.02. The van der Waals surface area contributed by atoms with Crippen LogP contribution in [0.2, 0.25) is 0 Å². The maximum Gasteiger partial charge on any atom is 0.264 e. The Bertz CT molecular complexity index is 1360. The van der Waals surface area contributed by atoms with Crippen LogP contribution in [0.4, 0.5) is 11.6 Å². The molecule has 33 heavy (non-hydrogen) atoms. The van der Waals surface area contributed by atoms with Gasteiger partial charge in [0, 0.05) is 23.7 Å². The van der Waals surface area contributed by atoms with E-state index in [2.05, 4.69) is 20.0 Å². The van der Waals surface area contributed by atoms with Crippen LogP contribution in [0.1, 0.15) is 11.1 Å². The van der Waals surface area contributed by atoms with E-state index >= 15 is 0 Å². The van der Waals surface area contributed by atoms with Gasteiger partial charge in [0.2, 0.25) is 5.95 Å². The van der Waals surface area contributed by atoms with Gasteiger partial charge in [-0.05, 0) is 47.5 Å². The molecule has 4 aromatic rings. The molecule has 0 radical (unpaired) electrons. The summed E-state index contributed by atoms with van der Waals surface area (Å²) < 4.78 is 27.4. The van der Waals surface area contributed by atoms with Crippen LogP contribution in [0.5, 0.6) is 0 Å². The van der Waals surface area contributed by atoms with Crippen molar-refractivity contribution in [3.05, 3.63) is 115 Å². The SMILES string of the molecule is O=C(Nc1ccc(S(=O)(=O)Nc2ncccn2)cc1)/C(=C/c1ccccc1)c1ccccc1. The fourth-order valence-electron chi connectivity index (χ4n) is 3.06. The summed E-state index contributed by atoms with van der Waals surface area (Å²) in [6, 6.07) is 26.4. The number of carbonyl (C=O) groups is 1. The largest absolute Gasteiger partial charge is 0.322 e. The van der Waals surface area contributed by atoms with Crippen molar-refractivity contribution in [1.29, 1.82) is 0 Å². The summed E-state index contributed by atoms with van der Waals surface area (Å²) >= 11 is 0. The van der Waals surface area contributed by atoms with Crippen molar-refractivity contribution in [3.8, 4) is 0 Å². The van der Waals surface area contributed by atoms with Gasteiger partial charge in [-0.25, -0.2) is 23.1 Å². The first-order valence-corrected chi connectivity index (χ1v) is 11.5. The van der Waals surface area contributed by atoms with Crippen LogP contribution in [0.15, 0.2) is 108 Å². The number of amides is 1. The van der Waals surface area contributed by atoms with Crippen molar-refractivity contribution in [2.45, 2.75) is 4.90 Å². The molecule has 0 spiro atoms. The predicted octanol–water partition coefficient (Wildman–Crippen LogP) is 4.46. The Hall–Kier alpha value is -4.30. The fraction of sp³-hybridized carbons (Fsp3) is 0. The molecule has 0 aliphatic heterocycles. The van der Waals surface area contributed by atoms with Crippen molar-refractivity contribution in [1.82, 2.24) is 9.97 Å². The van der Waals surface area contributed by atoms with Gasteiger partial charge in [0.15, 0.2) is 0 Å². The lowest BCUT2D eigenvalue weighted by Gasteiger charge is -2.11. The molecule has 1 amide bonds. The van der Waals surface area contributed by atoms with Crippen LogP contribution >= 0.6 is 0 Å². The second-order valence-corrected chi connectivity index (χ2v) is 8.67. The first-order valence-electron chi connectivity index (χ1n) is 10.0. The summed E-state index contributed by atoms with van der Waals surface area (Å²) in [5.74, 6) is -0.329. The Kier molecular flexibility index (Phi) is 6.56. The number of hydrogen-bond acceptors (Lipinski definition) is 5. The van der Waals surface area contributed by atoms with Crippen molar-refractivity contribution in [2.75, 3.05) is 10.0 Å². The van der Waals surface area contributed by atoms with Crippen LogP contribution < -0.4 is 10.0 Å². The van der Waals surface area contributed by atoms with E-state index in [1.165, 1.54) is 36.7 Å². The van der Waals surface area contributed by atoms with E-state index in [1.54, 1.807) is 6.07 Å². The summed E-state index contributed by atoms with van der Waals surface area (Å²) in [7, 11) is -3.86. The monoisotopic (exact) mass is 456 g/mol. The molecule has 0 bridgehead atoms. The highest BCUT2D eigenvalue weighted by Gasteiger charge is 2.17. The van der Waals surface area contributed by atoms with Crippen molar-refractivity contribution >= 4 is 39.2 Å². The number of nitrogens with zero attached hydrogens (tertiary/aromatic N) is 2. The molecule has 8 heteroatoms. The Morgan fingerprint density at radius 3 is 2.00 bits per heavy atom. The Morgan fingerprint density at radius 1 is 0.758 bits per heavy atom.